The topological polar surface area (TPSA) is 56.3 Å². The van der Waals surface area contributed by atoms with Crippen LogP contribution in [0.25, 0.3) is 0 Å². The van der Waals surface area contributed by atoms with Crippen molar-refractivity contribution >= 4 is 17.2 Å². The molecule has 0 amide bonds. The minimum Gasteiger partial charge on any atom is -0.474 e. The Morgan fingerprint density at radius 3 is 2.56 bits per heavy atom. The molecule has 18 heavy (non-hydrogen) atoms. The van der Waals surface area contributed by atoms with E-state index in [-0.39, 0.29) is 6.10 Å². The number of nitrogens with two attached hydrogens (primary N) is 1. The fraction of sp³-hybridized carbons (Fsp3) is 0.667. The number of likely N-dealkylation sites (tertiary alicyclic amines) is 1. The molecule has 2 rings (SSSR count). The first-order chi connectivity index (χ1) is 8.49. The highest BCUT2D eigenvalue weighted by Crippen LogP contribution is 2.24. The summed E-state index contributed by atoms with van der Waals surface area (Å²) < 4.78 is 7.78. The number of aromatic nitrogens is 2. The molecule has 0 spiro atoms. The van der Waals surface area contributed by atoms with Gasteiger partial charge in [-0.1, -0.05) is 12.2 Å². The van der Waals surface area contributed by atoms with Crippen LogP contribution in [0.15, 0.2) is 0 Å². The number of piperidine rings is 1. The summed E-state index contributed by atoms with van der Waals surface area (Å²) >= 11 is 5.07. The Hall–Kier alpha value is -1.14. The number of aryl methyl sites for hydroxylation is 2. The molecule has 0 aromatic carbocycles. The van der Waals surface area contributed by atoms with E-state index < -0.39 is 0 Å². The van der Waals surface area contributed by atoms with Gasteiger partial charge >= 0.3 is 0 Å². The van der Waals surface area contributed by atoms with Crippen molar-refractivity contribution in [2.24, 2.45) is 12.8 Å². The number of thiocarbonyl (C=S) groups is 1. The van der Waals surface area contributed by atoms with Crippen molar-refractivity contribution in [3.05, 3.63) is 11.3 Å². The number of hydrogen-bond donors (Lipinski definition) is 1. The lowest BCUT2D eigenvalue weighted by atomic mass is 10.1. The summed E-state index contributed by atoms with van der Waals surface area (Å²) in [5, 5.41) is 4.33. The van der Waals surface area contributed by atoms with Crippen molar-refractivity contribution in [2.75, 3.05) is 20.1 Å². The third kappa shape index (κ3) is 2.64. The predicted octanol–water partition coefficient (Wildman–Crippen LogP) is 0.836. The molecule has 1 aromatic heterocycles. The maximum atomic E-state index is 6.05. The second-order valence-electron chi connectivity index (χ2n) is 4.87. The second kappa shape index (κ2) is 5.24. The largest absolute Gasteiger partial charge is 0.474 e. The minimum atomic E-state index is 0.226. The lowest BCUT2D eigenvalue weighted by Crippen LogP contribution is -2.36. The monoisotopic (exact) mass is 268 g/mol. The van der Waals surface area contributed by atoms with Crippen molar-refractivity contribution in [3.8, 4) is 5.88 Å². The average Bonchev–Trinajstić information content (AvgIpc) is 2.57. The number of nitrogens with zero attached hydrogens (tertiary/aromatic N) is 3. The van der Waals surface area contributed by atoms with E-state index in [0.29, 0.717) is 10.9 Å². The summed E-state index contributed by atoms with van der Waals surface area (Å²) in [6.45, 7) is 4.02. The maximum Gasteiger partial charge on any atom is 0.222 e. The van der Waals surface area contributed by atoms with E-state index in [0.717, 1.165) is 37.2 Å². The zero-order valence-electron chi connectivity index (χ0n) is 11.1. The Bertz CT molecular complexity index is 449. The van der Waals surface area contributed by atoms with E-state index >= 15 is 0 Å². The van der Waals surface area contributed by atoms with Crippen LogP contribution < -0.4 is 10.5 Å². The van der Waals surface area contributed by atoms with Crippen LogP contribution in [0.1, 0.15) is 24.1 Å². The molecule has 1 fully saturated rings. The van der Waals surface area contributed by atoms with Crippen LogP contribution in [0.5, 0.6) is 5.88 Å². The molecule has 1 aromatic rings. The summed E-state index contributed by atoms with van der Waals surface area (Å²) in [7, 11) is 3.99. The van der Waals surface area contributed by atoms with Gasteiger partial charge in [-0.15, -0.1) is 0 Å². The van der Waals surface area contributed by atoms with E-state index in [9.17, 15) is 0 Å². The van der Waals surface area contributed by atoms with Crippen LogP contribution >= 0.6 is 12.2 Å². The van der Waals surface area contributed by atoms with Gasteiger partial charge in [0, 0.05) is 20.1 Å². The highest BCUT2D eigenvalue weighted by molar-refractivity contribution is 7.80. The van der Waals surface area contributed by atoms with Crippen molar-refractivity contribution in [1.82, 2.24) is 14.7 Å². The van der Waals surface area contributed by atoms with Crippen LogP contribution in [-0.2, 0) is 7.05 Å². The van der Waals surface area contributed by atoms with Gasteiger partial charge in [0.1, 0.15) is 11.1 Å². The smallest absolute Gasteiger partial charge is 0.222 e. The Morgan fingerprint density at radius 2 is 2.00 bits per heavy atom. The van der Waals surface area contributed by atoms with Crippen molar-refractivity contribution < 1.29 is 4.74 Å². The van der Waals surface area contributed by atoms with E-state index in [2.05, 4.69) is 17.0 Å². The predicted molar refractivity (Wildman–Crippen MR) is 75.0 cm³/mol. The third-order valence-electron chi connectivity index (χ3n) is 3.36. The molecule has 2 N–H and O–H groups in total. The number of ether oxygens (including phenoxy) is 1. The van der Waals surface area contributed by atoms with Gasteiger partial charge < -0.3 is 15.4 Å². The molecule has 2 heterocycles. The lowest BCUT2D eigenvalue weighted by molar-refractivity contribution is 0.105. The molecule has 0 aliphatic carbocycles. The average molecular weight is 268 g/mol. The maximum absolute atomic E-state index is 6.05. The van der Waals surface area contributed by atoms with Crippen molar-refractivity contribution in [3.63, 3.8) is 0 Å². The molecule has 6 heteroatoms. The molecule has 1 saturated heterocycles. The van der Waals surface area contributed by atoms with Crippen molar-refractivity contribution in [1.29, 1.82) is 0 Å². The molecule has 0 bridgehead atoms. The van der Waals surface area contributed by atoms with Gasteiger partial charge in [0.25, 0.3) is 0 Å². The van der Waals surface area contributed by atoms with Gasteiger partial charge in [0.15, 0.2) is 0 Å². The van der Waals surface area contributed by atoms with E-state index in [1.54, 1.807) is 4.68 Å². The molecule has 1 aliphatic rings. The molecule has 0 saturated carbocycles. The fourth-order valence-electron chi connectivity index (χ4n) is 2.32. The zero-order valence-corrected chi connectivity index (χ0v) is 12.0. The van der Waals surface area contributed by atoms with E-state index in [4.69, 9.17) is 22.7 Å². The van der Waals surface area contributed by atoms with Gasteiger partial charge in [0.05, 0.1) is 11.3 Å². The Labute approximate surface area is 113 Å². The minimum absolute atomic E-state index is 0.226. The van der Waals surface area contributed by atoms with Crippen LogP contribution in [0.3, 0.4) is 0 Å². The quantitative estimate of drug-likeness (QED) is 0.823. The summed E-state index contributed by atoms with van der Waals surface area (Å²) in [5.74, 6) is 0.703. The van der Waals surface area contributed by atoms with Gasteiger partial charge in [0.2, 0.25) is 5.88 Å². The first-order valence-electron chi connectivity index (χ1n) is 6.17. The normalized spacial score (nSPS) is 17.9. The molecule has 0 atom stereocenters. The van der Waals surface area contributed by atoms with E-state index in [1.165, 1.54) is 0 Å². The highest BCUT2D eigenvalue weighted by atomic mass is 32.1. The first kappa shape index (κ1) is 13.3. The van der Waals surface area contributed by atoms with Crippen LogP contribution in [0, 0.1) is 6.92 Å². The molecule has 0 radical (unpaired) electrons. The van der Waals surface area contributed by atoms with Crippen LogP contribution in [-0.4, -0.2) is 45.9 Å². The zero-order chi connectivity index (χ0) is 13.3. The molecule has 100 valence electrons. The molecule has 5 nitrogen and oxygen atoms in total. The molecular weight excluding hydrogens is 248 g/mol. The van der Waals surface area contributed by atoms with Crippen LogP contribution in [0.2, 0.25) is 0 Å². The Balaban J connectivity index is 2.16. The molecule has 0 unspecified atom stereocenters. The second-order valence-corrected chi connectivity index (χ2v) is 5.31. The first-order valence-corrected chi connectivity index (χ1v) is 6.58. The van der Waals surface area contributed by atoms with Crippen molar-refractivity contribution in [2.45, 2.75) is 25.9 Å². The molecular formula is C12H20N4OS. The SMILES string of the molecule is Cc1nn(C)c(OC2CCN(C)CC2)c1C(N)=S. The number of hydrogen-bond acceptors (Lipinski definition) is 4. The Kier molecular flexibility index (Phi) is 3.87. The van der Waals surface area contributed by atoms with Gasteiger partial charge in [-0.25, -0.2) is 4.68 Å². The number of rotatable bonds is 3. The van der Waals surface area contributed by atoms with Gasteiger partial charge in [-0.05, 0) is 26.8 Å². The highest BCUT2D eigenvalue weighted by Gasteiger charge is 2.23. The van der Waals surface area contributed by atoms with Crippen LogP contribution in [0.4, 0.5) is 0 Å². The summed E-state index contributed by atoms with van der Waals surface area (Å²) in [4.78, 5) is 2.66. The lowest BCUT2D eigenvalue weighted by Gasteiger charge is -2.29. The summed E-state index contributed by atoms with van der Waals surface area (Å²) in [6, 6.07) is 0. The third-order valence-corrected chi connectivity index (χ3v) is 3.56. The molecule has 1 aliphatic heterocycles. The Morgan fingerprint density at radius 1 is 1.39 bits per heavy atom. The van der Waals surface area contributed by atoms with Gasteiger partial charge in [-0.2, -0.15) is 5.10 Å². The fourth-order valence-corrected chi connectivity index (χ4v) is 2.55. The standard InChI is InChI=1S/C12H20N4OS/c1-8-10(11(13)18)12(16(3)14-8)17-9-4-6-15(2)7-5-9/h9H,4-7H2,1-3H3,(H2,13,18). The summed E-state index contributed by atoms with van der Waals surface area (Å²) in [5.41, 5.74) is 7.34. The van der Waals surface area contributed by atoms with Gasteiger partial charge in [-0.3, -0.25) is 0 Å². The van der Waals surface area contributed by atoms with E-state index in [1.807, 2.05) is 14.0 Å². The summed E-state index contributed by atoms with van der Waals surface area (Å²) in [6.07, 6.45) is 2.28.